The molecule has 12 heteroatoms. The molecule has 1 aliphatic rings. The number of rotatable bonds is 11. The monoisotopic (exact) mass is 654 g/mol. The number of hydrogen-bond donors (Lipinski definition) is 3. The molecular formula is C30H28BrFN4O5S. The third-order valence-electron chi connectivity index (χ3n) is 6.03. The number of nitrogens with one attached hydrogen (secondary N) is 3. The molecule has 9 nitrogen and oxygen atoms in total. The molecule has 3 aromatic carbocycles. The summed E-state index contributed by atoms with van der Waals surface area (Å²) in [6.07, 6.45) is 1.45. The number of thiocarbonyl (C=S) groups is 1. The smallest absolute Gasteiger partial charge is 0.338 e. The van der Waals surface area contributed by atoms with E-state index in [1.54, 1.807) is 62.4 Å². The fourth-order valence-electron chi connectivity index (χ4n) is 4.10. The van der Waals surface area contributed by atoms with Crippen molar-refractivity contribution in [1.82, 2.24) is 16.1 Å². The van der Waals surface area contributed by atoms with Gasteiger partial charge in [-0.2, -0.15) is 5.10 Å². The number of esters is 1. The van der Waals surface area contributed by atoms with Crippen molar-refractivity contribution in [2.45, 2.75) is 26.5 Å². The SMILES string of the molecule is CCOC(=O)C1=C(C)NC(=S)N[C@@H]1c1ccccc1OCC(=O)NN=Cc1cc(Br)ccc1OCc1ccc(F)cc1. The summed E-state index contributed by atoms with van der Waals surface area (Å²) in [6, 6.07) is 17.8. The van der Waals surface area contributed by atoms with Gasteiger partial charge in [-0.05, 0) is 68.0 Å². The van der Waals surface area contributed by atoms with E-state index in [1.807, 2.05) is 6.07 Å². The molecule has 4 rings (SSSR count). The number of halogens is 2. The number of carbonyl (C=O) groups is 2. The fourth-order valence-corrected chi connectivity index (χ4v) is 4.75. The molecule has 3 aromatic rings. The lowest BCUT2D eigenvalue weighted by Gasteiger charge is -2.30. The van der Waals surface area contributed by atoms with Crippen LogP contribution in [0, 0.1) is 5.82 Å². The minimum absolute atomic E-state index is 0.216. The van der Waals surface area contributed by atoms with Crippen molar-refractivity contribution in [3.05, 3.63) is 105 Å². The van der Waals surface area contributed by atoms with Gasteiger partial charge in [-0.15, -0.1) is 0 Å². The van der Waals surface area contributed by atoms with Gasteiger partial charge in [0.2, 0.25) is 0 Å². The van der Waals surface area contributed by atoms with Crippen LogP contribution in [0.15, 0.2) is 87.6 Å². The summed E-state index contributed by atoms with van der Waals surface area (Å²) in [4.78, 5) is 25.3. The molecule has 0 bridgehead atoms. The second-order valence-corrected chi connectivity index (χ2v) is 10.3. The van der Waals surface area contributed by atoms with Crippen LogP contribution in [0.5, 0.6) is 11.5 Å². The van der Waals surface area contributed by atoms with E-state index in [0.29, 0.717) is 39.0 Å². The van der Waals surface area contributed by atoms with Crippen molar-refractivity contribution in [1.29, 1.82) is 0 Å². The van der Waals surface area contributed by atoms with Gasteiger partial charge in [-0.25, -0.2) is 14.6 Å². The number of nitrogens with zero attached hydrogens (tertiary/aromatic N) is 1. The average molecular weight is 656 g/mol. The zero-order valence-corrected chi connectivity index (χ0v) is 25.2. The summed E-state index contributed by atoms with van der Waals surface area (Å²) >= 11 is 8.73. The van der Waals surface area contributed by atoms with Crippen LogP contribution < -0.4 is 25.5 Å². The quantitative estimate of drug-likeness (QED) is 0.114. The van der Waals surface area contributed by atoms with Crippen molar-refractivity contribution in [2.24, 2.45) is 5.10 Å². The lowest BCUT2D eigenvalue weighted by Crippen LogP contribution is -2.45. The van der Waals surface area contributed by atoms with Crippen LogP contribution >= 0.6 is 28.1 Å². The Morgan fingerprint density at radius 1 is 1.10 bits per heavy atom. The highest BCUT2D eigenvalue weighted by molar-refractivity contribution is 9.10. The minimum atomic E-state index is -0.639. The molecule has 1 heterocycles. The summed E-state index contributed by atoms with van der Waals surface area (Å²) in [6.45, 7) is 3.58. The fraction of sp³-hybridized carbons (Fsp3) is 0.200. The molecule has 0 saturated heterocycles. The summed E-state index contributed by atoms with van der Waals surface area (Å²) in [5, 5.41) is 10.4. The van der Waals surface area contributed by atoms with E-state index < -0.39 is 17.9 Å². The molecular weight excluding hydrogens is 627 g/mol. The zero-order valence-electron chi connectivity index (χ0n) is 22.8. The molecule has 0 saturated carbocycles. The largest absolute Gasteiger partial charge is 0.488 e. The van der Waals surface area contributed by atoms with E-state index in [0.717, 1.165) is 10.0 Å². The first kappa shape index (κ1) is 30.7. The van der Waals surface area contributed by atoms with Crippen molar-refractivity contribution in [2.75, 3.05) is 13.2 Å². The average Bonchev–Trinajstić information content (AvgIpc) is 2.96. The molecule has 1 atom stereocenters. The molecule has 218 valence electrons. The van der Waals surface area contributed by atoms with Crippen molar-refractivity contribution in [3.8, 4) is 11.5 Å². The van der Waals surface area contributed by atoms with Crippen LogP contribution in [0.3, 0.4) is 0 Å². The number of hydrogen-bond acceptors (Lipinski definition) is 7. The molecule has 0 spiro atoms. The number of benzene rings is 3. The third kappa shape index (κ3) is 8.14. The highest BCUT2D eigenvalue weighted by Crippen LogP contribution is 2.33. The maximum Gasteiger partial charge on any atom is 0.338 e. The maximum absolute atomic E-state index is 13.2. The van der Waals surface area contributed by atoms with Gasteiger partial charge < -0.3 is 24.8 Å². The first-order chi connectivity index (χ1) is 20.2. The molecule has 0 aromatic heterocycles. The molecule has 1 amide bonds. The Kier molecular flexibility index (Phi) is 10.6. The molecule has 0 unspecified atom stereocenters. The second-order valence-electron chi connectivity index (χ2n) is 9.01. The van der Waals surface area contributed by atoms with Crippen LogP contribution in [-0.4, -0.2) is 36.4 Å². The zero-order chi connectivity index (χ0) is 30.1. The molecule has 3 N–H and O–H groups in total. The van der Waals surface area contributed by atoms with Gasteiger partial charge in [0.15, 0.2) is 11.7 Å². The van der Waals surface area contributed by atoms with Gasteiger partial charge in [-0.3, -0.25) is 4.79 Å². The lowest BCUT2D eigenvalue weighted by atomic mass is 9.95. The standard InChI is InChI=1S/C30H28BrFN4O5S/c1-3-39-29(38)27-18(2)34-30(42)35-28(27)23-6-4-5-7-25(23)41-17-26(37)36-33-15-20-14-21(31)10-13-24(20)40-16-19-8-11-22(32)12-9-19/h4-15,28H,3,16-17H2,1-2H3,(H,36,37)(H2,34,35,42)/t28-/m1/s1. The van der Waals surface area contributed by atoms with Crippen LogP contribution in [0.4, 0.5) is 4.39 Å². The summed E-state index contributed by atoms with van der Waals surface area (Å²) in [7, 11) is 0. The van der Waals surface area contributed by atoms with Gasteiger partial charge in [0.1, 0.15) is 23.9 Å². The first-order valence-electron chi connectivity index (χ1n) is 12.9. The van der Waals surface area contributed by atoms with Gasteiger partial charge in [0.25, 0.3) is 5.91 Å². The number of carbonyl (C=O) groups excluding carboxylic acids is 2. The van der Waals surface area contributed by atoms with Crippen LogP contribution in [0.1, 0.15) is 36.6 Å². The maximum atomic E-state index is 13.2. The summed E-state index contributed by atoms with van der Waals surface area (Å²) in [5.74, 6) is -0.400. The van der Waals surface area contributed by atoms with E-state index in [4.69, 9.17) is 26.4 Å². The molecule has 0 fully saturated rings. The second kappa shape index (κ2) is 14.6. The lowest BCUT2D eigenvalue weighted by molar-refractivity contribution is -0.139. The van der Waals surface area contributed by atoms with Gasteiger partial charge in [-0.1, -0.05) is 46.3 Å². The van der Waals surface area contributed by atoms with Crippen LogP contribution in [0.2, 0.25) is 0 Å². The summed E-state index contributed by atoms with van der Waals surface area (Å²) in [5.41, 5.74) is 5.40. The van der Waals surface area contributed by atoms with E-state index in [1.165, 1.54) is 18.3 Å². The van der Waals surface area contributed by atoms with Crippen LogP contribution in [0.25, 0.3) is 0 Å². The number of ether oxygens (including phenoxy) is 3. The Labute approximate surface area is 256 Å². The Hall–Kier alpha value is -4.29. The Bertz CT molecular complexity index is 1530. The number of amides is 1. The molecule has 1 aliphatic heterocycles. The van der Waals surface area contributed by atoms with Crippen molar-refractivity contribution in [3.63, 3.8) is 0 Å². The molecule has 0 radical (unpaired) electrons. The number of para-hydroxylation sites is 1. The number of allylic oxidation sites excluding steroid dienone is 1. The molecule has 0 aliphatic carbocycles. The van der Waals surface area contributed by atoms with Gasteiger partial charge >= 0.3 is 5.97 Å². The third-order valence-corrected chi connectivity index (χ3v) is 6.74. The van der Waals surface area contributed by atoms with E-state index >= 15 is 0 Å². The van der Waals surface area contributed by atoms with E-state index in [2.05, 4.69) is 37.1 Å². The normalized spacial score (nSPS) is 14.7. The van der Waals surface area contributed by atoms with Gasteiger partial charge in [0.05, 0.1) is 24.4 Å². The Balaban J connectivity index is 1.41. The van der Waals surface area contributed by atoms with E-state index in [9.17, 15) is 14.0 Å². The van der Waals surface area contributed by atoms with Crippen molar-refractivity contribution < 1.29 is 28.2 Å². The highest BCUT2D eigenvalue weighted by atomic mass is 79.9. The first-order valence-corrected chi connectivity index (χ1v) is 14.1. The predicted molar refractivity (Wildman–Crippen MR) is 163 cm³/mol. The topological polar surface area (TPSA) is 110 Å². The minimum Gasteiger partial charge on any atom is -0.488 e. The van der Waals surface area contributed by atoms with E-state index in [-0.39, 0.29) is 25.6 Å². The highest BCUT2D eigenvalue weighted by Gasteiger charge is 2.32. The predicted octanol–water partition coefficient (Wildman–Crippen LogP) is 5.05. The number of hydrazone groups is 1. The summed E-state index contributed by atoms with van der Waals surface area (Å²) < 4.78 is 30.9. The van der Waals surface area contributed by atoms with Gasteiger partial charge in [0, 0.05) is 21.3 Å². The van der Waals surface area contributed by atoms with Crippen molar-refractivity contribution >= 4 is 51.4 Å². The van der Waals surface area contributed by atoms with Crippen LogP contribution in [-0.2, 0) is 20.9 Å². The molecule has 42 heavy (non-hydrogen) atoms. The Morgan fingerprint density at radius 3 is 2.62 bits per heavy atom. The Morgan fingerprint density at radius 2 is 1.86 bits per heavy atom.